The van der Waals surface area contributed by atoms with E-state index in [0.717, 1.165) is 16.3 Å². The smallest absolute Gasteiger partial charge is 0.147 e. The molecule has 0 aliphatic carbocycles. The number of nitrogen functional groups attached to an aromatic ring is 1. The van der Waals surface area contributed by atoms with Gasteiger partial charge < -0.3 is 5.73 Å². The van der Waals surface area contributed by atoms with Crippen molar-refractivity contribution in [2.45, 2.75) is 18.2 Å². The molecule has 0 aliphatic heterocycles. The maximum absolute atomic E-state index is 10.9. The summed E-state index contributed by atoms with van der Waals surface area (Å²) in [6, 6.07) is 5.78. The summed E-state index contributed by atoms with van der Waals surface area (Å²) in [7, 11) is -2.83. The van der Waals surface area contributed by atoms with Gasteiger partial charge in [-0.3, -0.25) is 0 Å². The van der Waals surface area contributed by atoms with Gasteiger partial charge in [0.15, 0.2) is 0 Å². The zero-order valence-electron chi connectivity index (χ0n) is 9.56. The van der Waals surface area contributed by atoms with Gasteiger partial charge in [0.05, 0.1) is 5.75 Å². The molecule has 0 aromatic heterocycles. The molecule has 0 fully saturated rings. The van der Waals surface area contributed by atoms with Crippen LogP contribution in [0.25, 0.3) is 0 Å². The lowest BCUT2D eigenvalue weighted by Gasteiger charge is -2.06. The van der Waals surface area contributed by atoms with Crippen LogP contribution in [-0.2, 0) is 9.84 Å². The predicted octanol–water partition coefficient (Wildman–Crippen LogP) is 2.10. The molecule has 16 heavy (non-hydrogen) atoms. The summed E-state index contributed by atoms with van der Waals surface area (Å²) in [6.07, 6.45) is 1.95. The molecular formula is C11H17NO2S2. The molecule has 5 heteroatoms. The van der Waals surface area contributed by atoms with E-state index in [2.05, 4.69) is 0 Å². The highest BCUT2D eigenvalue weighted by Crippen LogP contribution is 2.25. The Morgan fingerprint density at radius 1 is 1.38 bits per heavy atom. The number of anilines is 1. The molecule has 1 rings (SSSR count). The first-order valence-electron chi connectivity index (χ1n) is 5.05. The Morgan fingerprint density at radius 3 is 2.69 bits per heavy atom. The lowest BCUT2D eigenvalue weighted by Crippen LogP contribution is -2.03. The fourth-order valence-electron chi connectivity index (χ4n) is 1.28. The molecule has 0 atom stereocenters. The molecule has 0 amide bonds. The molecule has 0 radical (unpaired) electrons. The number of aryl methyl sites for hydroxylation is 1. The van der Waals surface area contributed by atoms with Gasteiger partial charge in [0.1, 0.15) is 9.84 Å². The first kappa shape index (κ1) is 13.4. The minimum absolute atomic E-state index is 0.251. The van der Waals surface area contributed by atoms with Crippen molar-refractivity contribution in [2.24, 2.45) is 0 Å². The zero-order chi connectivity index (χ0) is 12.2. The topological polar surface area (TPSA) is 60.2 Å². The average molecular weight is 259 g/mol. The number of hydrogen-bond donors (Lipinski definition) is 1. The normalized spacial score (nSPS) is 11.6. The standard InChI is InChI=1S/C11H17NO2S2/c1-9-4-5-10(12)8-11(9)15-6-3-7-16(2,13)14/h4-5,8H,3,6-7,12H2,1-2H3. The third-order valence-corrected chi connectivity index (χ3v) is 4.40. The van der Waals surface area contributed by atoms with Crippen LogP contribution in [0.3, 0.4) is 0 Å². The van der Waals surface area contributed by atoms with Crippen molar-refractivity contribution >= 4 is 27.3 Å². The summed E-state index contributed by atoms with van der Waals surface area (Å²) in [5.41, 5.74) is 7.62. The first-order chi connectivity index (χ1) is 7.38. The van der Waals surface area contributed by atoms with Crippen molar-refractivity contribution < 1.29 is 8.42 Å². The lowest BCUT2D eigenvalue weighted by molar-refractivity contribution is 0.600. The highest BCUT2D eigenvalue weighted by molar-refractivity contribution is 7.99. The van der Waals surface area contributed by atoms with Crippen molar-refractivity contribution in [1.82, 2.24) is 0 Å². The molecule has 0 bridgehead atoms. The second-order valence-electron chi connectivity index (χ2n) is 3.86. The number of thioether (sulfide) groups is 1. The van der Waals surface area contributed by atoms with Gasteiger partial charge in [0, 0.05) is 16.8 Å². The quantitative estimate of drug-likeness (QED) is 0.500. The third-order valence-electron chi connectivity index (χ3n) is 2.13. The summed E-state index contributed by atoms with van der Waals surface area (Å²) >= 11 is 1.66. The monoisotopic (exact) mass is 259 g/mol. The van der Waals surface area contributed by atoms with E-state index < -0.39 is 9.84 Å². The molecule has 1 aromatic rings. The van der Waals surface area contributed by atoms with Crippen LogP contribution < -0.4 is 5.73 Å². The molecule has 2 N–H and O–H groups in total. The van der Waals surface area contributed by atoms with Gasteiger partial charge in [0.2, 0.25) is 0 Å². The molecule has 0 heterocycles. The van der Waals surface area contributed by atoms with E-state index in [9.17, 15) is 8.42 Å². The van der Waals surface area contributed by atoms with Gasteiger partial charge in [0.25, 0.3) is 0 Å². The van der Waals surface area contributed by atoms with Crippen LogP contribution in [0.2, 0.25) is 0 Å². The maximum Gasteiger partial charge on any atom is 0.147 e. The molecule has 0 unspecified atom stereocenters. The fourth-order valence-corrected chi connectivity index (χ4v) is 3.15. The largest absolute Gasteiger partial charge is 0.399 e. The van der Waals surface area contributed by atoms with Crippen LogP contribution in [-0.4, -0.2) is 26.2 Å². The summed E-state index contributed by atoms with van der Waals surface area (Å²) in [5, 5.41) is 0. The second kappa shape index (κ2) is 5.59. The predicted molar refractivity (Wildman–Crippen MR) is 70.6 cm³/mol. The molecule has 0 saturated heterocycles. The van der Waals surface area contributed by atoms with E-state index in [-0.39, 0.29) is 5.75 Å². The third kappa shape index (κ3) is 4.90. The highest BCUT2D eigenvalue weighted by atomic mass is 32.2. The van der Waals surface area contributed by atoms with E-state index in [1.54, 1.807) is 11.8 Å². The molecule has 0 spiro atoms. The Morgan fingerprint density at radius 2 is 2.06 bits per heavy atom. The average Bonchev–Trinajstić information content (AvgIpc) is 2.16. The minimum Gasteiger partial charge on any atom is -0.399 e. The number of sulfone groups is 1. The zero-order valence-corrected chi connectivity index (χ0v) is 11.2. The van der Waals surface area contributed by atoms with Crippen molar-refractivity contribution in [1.29, 1.82) is 0 Å². The fraction of sp³-hybridized carbons (Fsp3) is 0.455. The lowest BCUT2D eigenvalue weighted by atomic mass is 10.2. The second-order valence-corrected chi connectivity index (χ2v) is 7.25. The van der Waals surface area contributed by atoms with E-state index in [4.69, 9.17) is 5.73 Å². The number of rotatable bonds is 5. The Kier molecular flexibility index (Phi) is 4.68. The van der Waals surface area contributed by atoms with E-state index in [1.807, 2.05) is 25.1 Å². The van der Waals surface area contributed by atoms with Crippen LogP contribution in [0.5, 0.6) is 0 Å². The molecule has 0 saturated carbocycles. The molecule has 3 nitrogen and oxygen atoms in total. The van der Waals surface area contributed by atoms with Crippen molar-refractivity contribution in [2.75, 3.05) is 23.5 Å². The van der Waals surface area contributed by atoms with E-state index >= 15 is 0 Å². The van der Waals surface area contributed by atoms with Crippen molar-refractivity contribution in [3.8, 4) is 0 Å². The van der Waals surface area contributed by atoms with Crippen LogP contribution in [0.1, 0.15) is 12.0 Å². The Bertz CT molecular complexity index is 455. The summed E-state index contributed by atoms with van der Waals surface area (Å²) in [5.74, 6) is 1.05. The Balaban J connectivity index is 2.46. The minimum atomic E-state index is -2.83. The molecule has 90 valence electrons. The summed E-state index contributed by atoms with van der Waals surface area (Å²) in [6.45, 7) is 2.03. The van der Waals surface area contributed by atoms with Gasteiger partial charge in [-0.25, -0.2) is 8.42 Å². The van der Waals surface area contributed by atoms with Crippen LogP contribution >= 0.6 is 11.8 Å². The van der Waals surface area contributed by atoms with E-state index in [1.165, 1.54) is 11.8 Å². The van der Waals surface area contributed by atoms with Crippen molar-refractivity contribution in [3.63, 3.8) is 0 Å². The van der Waals surface area contributed by atoms with Crippen LogP contribution in [0.15, 0.2) is 23.1 Å². The number of benzene rings is 1. The van der Waals surface area contributed by atoms with Gasteiger partial charge in [-0.15, -0.1) is 11.8 Å². The summed E-state index contributed by atoms with van der Waals surface area (Å²) < 4.78 is 21.9. The Hall–Kier alpha value is -0.680. The van der Waals surface area contributed by atoms with Crippen molar-refractivity contribution in [3.05, 3.63) is 23.8 Å². The van der Waals surface area contributed by atoms with Gasteiger partial charge in [-0.2, -0.15) is 0 Å². The highest BCUT2D eigenvalue weighted by Gasteiger charge is 2.03. The molecular weight excluding hydrogens is 242 g/mol. The molecule has 0 aliphatic rings. The SMILES string of the molecule is Cc1ccc(N)cc1SCCCS(C)(=O)=O. The first-order valence-corrected chi connectivity index (χ1v) is 8.10. The van der Waals surface area contributed by atoms with E-state index in [0.29, 0.717) is 6.42 Å². The summed E-state index contributed by atoms with van der Waals surface area (Å²) in [4.78, 5) is 1.13. The molecule has 1 aromatic carbocycles. The Labute approximate surface area is 101 Å². The maximum atomic E-state index is 10.9. The van der Waals surface area contributed by atoms with Gasteiger partial charge >= 0.3 is 0 Å². The number of hydrogen-bond acceptors (Lipinski definition) is 4. The van der Waals surface area contributed by atoms with Gasteiger partial charge in [-0.1, -0.05) is 6.07 Å². The van der Waals surface area contributed by atoms with Crippen LogP contribution in [0.4, 0.5) is 5.69 Å². The van der Waals surface area contributed by atoms with Gasteiger partial charge in [-0.05, 0) is 36.8 Å². The van der Waals surface area contributed by atoms with Crippen LogP contribution in [0, 0.1) is 6.92 Å². The number of nitrogens with two attached hydrogens (primary N) is 1.